The summed E-state index contributed by atoms with van der Waals surface area (Å²) in [6, 6.07) is 5.86. The van der Waals surface area contributed by atoms with Crippen LogP contribution >= 0.6 is 11.6 Å². The minimum atomic E-state index is 0.686. The third-order valence-corrected chi connectivity index (χ3v) is 2.55. The molecule has 0 saturated carbocycles. The van der Waals surface area contributed by atoms with Gasteiger partial charge >= 0.3 is 0 Å². The lowest BCUT2D eigenvalue weighted by Gasteiger charge is -2.10. The summed E-state index contributed by atoms with van der Waals surface area (Å²) in [5, 5.41) is 4.04. The molecule has 0 atom stereocenters. The average molecular weight is 228 g/mol. The fourth-order valence-electron chi connectivity index (χ4n) is 1.50. The maximum absolute atomic E-state index is 6.02. The first-order valence-corrected chi connectivity index (χ1v) is 5.69. The highest BCUT2D eigenvalue weighted by atomic mass is 35.5. The van der Waals surface area contributed by atoms with Crippen LogP contribution in [0.4, 0.5) is 0 Å². The number of para-hydroxylation sites is 1. The van der Waals surface area contributed by atoms with Crippen molar-refractivity contribution in [3.8, 4) is 5.75 Å². The van der Waals surface area contributed by atoms with E-state index in [4.69, 9.17) is 16.3 Å². The average Bonchev–Trinajstić information content (AvgIpc) is 2.24. The molecule has 3 heteroatoms. The van der Waals surface area contributed by atoms with Crippen molar-refractivity contribution < 1.29 is 4.74 Å². The Morgan fingerprint density at radius 2 is 2.13 bits per heavy atom. The van der Waals surface area contributed by atoms with Crippen molar-refractivity contribution in [3.05, 3.63) is 28.8 Å². The van der Waals surface area contributed by atoms with Gasteiger partial charge in [0.1, 0.15) is 5.75 Å². The molecule has 84 valence electrons. The molecule has 0 aliphatic heterocycles. The van der Waals surface area contributed by atoms with E-state index in [1.807, 2.05) is 12.1 Å². The van der Waals surface area contributed by atoms with Crippen molar-refractivity contribution in [2.24, 2.45) is 0 Å². The lowest BCUT2D eigenvalue weighted by molar-refractivity contribution is 0.409. The molecule has 0 aromatic heterocycles. The summed E-state index contributed by atoms with van der Waals surface area (Å²) in [7, 11) is 1.66. The Morgan fingerprint density at radius 3 is 2.80 bits per heavy atom. The smallest absolute Gasteiger partial charge is 0.140 e. The fraction of sp³-hybridized carbons (Fsp3) is 0.500. The van der Waals surface area contributed by atoms with Crippen LogP contribution in [0.5, 0.6) is 5.75 Å². The van der Waals surface area contributed by atoms with Crippen LogP contribution in [0.1, 0.15) is 18.9 Å². The minimum absolute atomic E-state index is 0.686. The number of hydrogen-bond donors (Lipinski definition) is 1. The zero-order valence-electron chi connectivity index (χ0n) is 9.35. The molecule has 0 fully saturated rings. The summed E-state index contributed by atoms with van der Waals surface area (Å²) in [4.78, 5) is 0. The van der Waals surface area contributed by atoms with Crippen molar-refractivity contribution in [3.63, 3.8) is 0 Å². The van der Waals surface area contributed by atoms with Crippen LogP contribution in [0.3, 0.4) is 0 Å². The third kappa shape index (κ3) is 3.73. The summed E-state index contributed by atoms with van der Waals surface area (Å²) in [5.41, 5.74) is 1.16. The molecule has 0 bridgehead atoms. The molecule has 15 heavy (non-hydrogen) atoms. The van der Waals surface area contributed by atoms with Gasteiger partial charge in [-0.05, 0) is 37.6 Å². The van der Waals surface area contributed by atoms with Crippen molar-refractivity contribution in [2.75, 3.05) is 20.2 Å². The van der Waals surface area contributed by atoms with Crippen molar-refractivity contribution in [1.82, 2.24) is 5.32 Å². The van der Waals surface area contributed by atoms with Gasteiger partial charge in [0.2, 0.25) is 0 Å². The topological polar surface area (TPSA) is 21.3 Å². The number of halogens is 1. The van der Waals surface area contributed by atoms with Gasteiger partial charge in [0, 0.05) is 0 Å². The Kier molecular flexibility index (Phi) is 5.51. The molecule has 0 heterocycles. The standard InChI is InChI=1S/C12H18ClNO/c1-3-8-14-9-7-10-5-4-6-11(13)12(10)15-2/h4-6,14H,3,7-9H2,1-2H3. The van der Waals surface area contributed by atoms with Gasteiger partial charge in [-0.15, -0.1) is 0 Å². The Morgan fingerprint density at radius 1 is 1.33 bits per heavy atom. The van der Waals surface area contributed by atoms with Gasteiger partial charge in [0.15, 0.2) is 0 Å². The largest absolute Gasteiger partial charge is 0.495 e. The van der Waals surface area contributed by atoms with Crippen molar-refractivity contribution in [2.45, 2.75) is 19.8 Å². The molecule has 2 nitrogen and oxygen atoms in total. The normalized spacial score (nSPS) is 10.3. The molecular formula is C12H18ClNO. The summed E-state index contributed by atoms with van der Waals surface area (Å²) >= 11 is 6.02. The predicted octanol–water partition coefficient (Wildman–Crippen LogP) is 2.89. The Balaban J connectivity index is 2.56. The van der Waals surface area contributed by atoms with Gasteiger partial charge in [-0.2, -0.15) is 0 Å². The summed E-state index contributed by atoms with van der Waals surface area (Å²) in [6.07, 6.45) is 2.11. The summed E-state index contributed by atoms with van der Waals surface area (Å²) < 4.78 is 5.27. The Labute approximate surface area is 96.6 Å². The fourth-order valence-corrected chi connectivity index (χ4v) is 1.78. The first-order valence-electron chi connectivity index (χ1n) is 5.31. The number of nitrogens with one attached hydrogen (secondary N) is 1. The maximum Gasteiger partial charge on any atom is 0.140 e. The molecule has 0 unspecified atom stereocenters. The van der Waals surface area contributed by atoms with E-state index in [-0.39, 0.29) is 0 Å². The van der Waals surface area contributed by atoms with E-state index >= 15 is 0 Å². The molecule has 1 N–H and O–H groups in total. The van der Waals surface area contributed by atoms with Gasteiger partial charge in [0.05, 0.1) is 12.1 Å². The Bertz CT molecular complexity index is 302. The van der Waals surface area contributed by atoms with E-state index in [2.05, 4.69) is 18.3 Å². The molecule has 0 spiro atoms. The van der Waals surface area contributed by atoms with Crippen LogP contribution in [0, 0.1) is 0 Å². The second-order valence-electron chi connectivity index (χ2n) is 3.43. The Hall–Kier alpha value is -0.730. The number of methoxy groups -OCH3 is 1. The predicted molar refractivity (Wildman–Crippen MR) is 64.9 cm³/mol. The maximum atomic E-state index is 6.02. The van der Waals surface area contributed by atoms with Crippen LogP contribution in [-0.4, -0.2) is 20.2 Å². The number of ether oxygens (including phenoxy) is 1. The van der Waals surface area contributed by atoms with E-state index < -0.39 is 0 Å². The molecule has 0 aliphatic rings. The van der Waals surface area contributed by atoms with Crippen molar-refractivity contribution in [1.29, 1.82) is 0 Å². The van der Waals surface area contributed by atoms with Crippen LogP contribution < -0.4 is 10.1 Å². The zero-order chi connectivity index (χ0) is 11.1. The van der Waals surface area contributed by atoms with Crippen LogP contribution in [0.15, 0.2) is 18.2 Å². The van der Waals surface area contributed by atoms with Gasteiger partial charge in [-0.1, -0.05) is 30.7 Å². The number of hydrogen-bond acceptors (Lipinski definition) is 2. The molecule has 0 saturated heterocycles. The SMILES string of the molecule is CCCNCCc1cccc(Cl)c1OC. The molecule has 1 aromatic carbocycles. The van der Waals surface area contributed by atoms with Gasteiger partial charge < -0.3 is 10.1 Å². The van der Waals surface area contributed by atoms with Crippen molar-refractivity contribution >= 4 is 11.6 Å². The van der Waals surface area contributed by atoms with E-state index in [0.29, 0.717) is 5.02 Å². The van der Waals surface area contributed by atoms with Crippen LogP contribution in [-0.2, 0) is 6.42 Å². The highest BCUT2D eigenvalue weighted by molar-refractivity contribution is 6.32. The third-order valence-electron chi connectivity index (χ3n) is 2.25. The first kappa shape index (κ1) is 12.3. The van der Waals surface area contributed by atoms with Crippen LogP contribution in [0.2, 0.25) is 5.02 Å². The van der Waals surface area contributed by atoms with Crippen LogP contribution in [0.25, 0.3) is 0 Å². The molecule has 1 aromatic rings. The molecule has 1 rings (SSSR count). The lowest BCUT2D eigenvalue weighted by atomic mass is 10.1. The minimum Gasteiger partial charge on any atom is -0.495 e. The monoisotopic (exact) mass is 227 g/mol. The lowest BCUT2D eigenvalue weighted by Crippen LogP contribution is -2.18. The second kappa shape index (κ2) is 6.70. The first-order chi connectivity index (χ1) is 7.29. The molecule has 0 radical (unpaired) electrons. The highest BCUT2D eigenvalue weighted by Gasteiger charge is 2.05. The van der Waals surface area contributed by atoms with E-state index in [9.17, 15) is 0 Å². The van der Waals surface area contributed by atoms with Gasteiger partial charge in [-0.25, -0.2) is 0 Å². The number of benzene rings is 1. The molecular weight excluding hydrogens is 210 g/mol. The summed E-state index contributed by atoms with van der Waals surface area (Å²) in [5.74, 6) is 0.803. The quantitative estimate of drug-likeness (QED) is 0.755. The second-order valence-corrected chi connectivity index (χ2v) is 3.84. The molecule has 0 aliphatic carbocycles. The van der Waals surface area contributed by atoms with E-state index in [1.54, 1.807) is 7.11 Å². The summed E-state index contributed by atoms with van der Waals surface area (Å²) in [6.45, 7) is 4.18. The zero-order valence-corrected chi connectivity index (χ0v) is 10.1. The van der Waals surface area contributed by atoms with E-state index in [1.165, 1.54) is 0 Å². The highest BCUT2D eigenvalue weighted by Crippen LogP contribution is 2.28. The van der Waals surface area contributed by atoms with E-state index in [0.717, 1.165) is 37.2 Å². The molecule has 0 amide bonds. The van der Waals surface area contributed by atoms with Gasteiger partial charge in [0.25, 0.3) is 0 Å². The number of rotatable bonds is 6. The van der Waals surface area contributed by atoms with Gasteiger partial charge in [-0.3, -0.25) is 0 Å².